The van der Waals surface area contributed by atoms with Crippen LogP contribution in [-0.2, 0) is 4.79 Å². The van der Waals surface area contributed by atoms with Crippen molar-refractivity contribution < 1.29 is 4.79 Å². The van der Waals surface area contributed by atoms with Crippen LogP contribution in [0.5, 0.6) is 0 Å². The monoisotopic (exact) mass is 277 g/mol. The molecular formula is C16H27N3O. The van der Waals surface area contributed by atoms with Gasteiger partial charge in [0.05, 0.1) is 5.92 Å². The molecule has 0 aromatic heterocycles. The molecular weight excluding hydrogens is 250 g/mol. The number of rotatable bonds is 1. The van der Waals surface area contributed by atoms with Gasteiger partial charge in [-0.15, -0.1) is 0 Å². The number of nitrogens with zero attached hydrogens (tertiary/aromatic N) is 3. The van der Waals surface area contributed by atoms with Crippen LogP contribution in [0.2, 0.25) is 0 Å². The molecule has 5 heterocycles. The summed E-state index contributed by atoms with van der Waals surface area (Å²) in [6.07, 6.45) is 5.10. The Morgan fingerprint density at radius 2 is 1.80 bits per heavy atom. The van der Waals surface area contributed by atoms with E-state index in [0.29, 0.717) is 29.8 Å². The molecule has 0 aliphatic carbocycles. The molecule has 4 nitrogen and oxygen atoms in total. The zero-order valence-corrected chi connectivity index (χ0v) is 12.6. The molecule has 0 aromatic carbocycles. The van der Waals surface area contributed by atoms with Gasteiger partial charge in [0, 0.05) is 31.7 Å². The molecule has 112 valence electrons. The molecule has 5 aliphatic heterocycles. The first-order valence-electron chi connectivity index (χ1n) is 8.49. The van der Waals surface area contributed by atoms with Gasteiger partial charge >= 0.3 is 0 Å². The lowest BCUT2D eigenvalue weighted by Crippen LogP contribution is -2.61. The van der Waals surface area contributed by atoms with Crippen molar-refractivity contribution in [2.24, 2.45) is 11.8 Å². The fourth-order valence-electron chi connectivity index (χ4n) is 4.95. The first kappa shape index (κ1) is 13.1. The maximum absolute atomic E-state index is 13.0. The van der Waals surface area contributed by atoms with E-state index in [9.17, 15) is 4.79 Å². The summed E-state index contributed by atoms with van der Waals surface area (Å²) < 4.78 is 0. The summed E-state index contributed by atoms with van der Waals surface area (Å²) in [6.45, 7) is 9.05. The summed E-state index contributed by atoms with van der Waals surface area (Å²) in [5.74, 6) is 1.44. The normalized spacial score (nSPS) is 44.6. The predicted octanol–water partition coefficient (Wildman–Crippen LogP) is 1.02. The molecule has 5 aliphatic rings. The third-order valence-corrected chi connectivity index (χ3v) is 6.19. The number of piperidine rings is 3. The Kier molecular flexibility index (Phi) is 3.26. The van der Waals surface area contributed by atoms with Crippen molar-refractivity contribution in [1.29, 1.82) is 0 Å². The minimum Gasteiger partial charge on any atom is -0.337 e. The van der Waals surface area contributed by atoms with Crippen molar-refractivity contribution in [3.63, 3.8) is 0 Å². The smallest absolute Gasteiger partial charge is 0.227 e. The van der Waals surface area contributed by atoms with Crippen LogP contribution in [0.3, 0.4) is 0 Å². The molecule has 4 heteroatoms. The molecule has 0 radical (unpaired) electrons. The van der Waals surface area contributed by atoms with E-state index in [1.54, 1.807) is 0 Å². The highest BCUT2D eigenvalue weighted by Gasteiger charge is 2.43. The van der Waals surface area contributed by atoms with Gasteiger partial charge in [-0.05, 0) is 58.2 Å². The Balaban J connectivity index is 1.47. The van der Waals surface area contributed by atoms with Crippen LogP contribution in [0.4, 0.5) is 0 Å². The number of carbonyl (C=O) groups excluding carboxylic acids is 1. The fraction of sp³-hybridized carbons (Fsp3) is 0.938. The number of hydrogen-bond donors (Lipinski definition) is 0. The number of fused-ring (bicyclic) bond motifs is 4. The van der Waals surface area contributed by atoms with Crippen LogP contribution in [0.25, 0.3) is 0 Å². The molecule has 0 spiro atoms. The summed E-state index contributed by atoms with van der Waals surface area (Å²) in [6, 6.07) is 1.06. The molecule has 0 aromatic rings. The number of amides is 1. The molecule has 3 atom stereocenters. The zero-order valence-electron chi connectivity index (χ0n) is 12.6. The molecule has 2 bridgehead atoms. The highest BCUT2D eigenvalue weighted by molar-refractivity contribution is 5.80. The van der Waals surface area contributed by atoms with Crippen LogP contribution in [-0.4, -0.2) is 72.0 Å². The minimum absolute atomic E-state index is 0.299. The largest absolute Gasteiger partial charge is 0.337 e. The first-order valence-corrected chi connectivity index (χ1v) is 8.49. The highest BCUT2D eigenvalue weighted by Crippen LogP contribution is 2.35. The zero-order chi connectivity index (χ0) is 13.7. The van der Waals surface area contributed by atoms with Gasteiger partial charge in [-0.2, -0.15) is 0 Å². The van der Waals surface area contributed by atoms with E-state index in [0.717, 1.165) is 19.6 Å². The van der Waals surface area contributed by atoms with E-state index in [2.05, 4.69) is 21.6 Å². The molecule has 20 heavy (non-hydrogen) atoms. The molecule has 0 unspecified atom stereocenters. The second kappa shape index (κ2) is 4.99. The predicted molar refractivity (Wildman–Crippen MR) is 78.4 cm³/mol. The van der Waals surface area contributed by atoms with Gasteiger partial charge in [0.1, 0.15) is 0 Å². The molecule has 0 N–H and O–H groups in total. The Labute approximate surface area is 122 Å². The topological polar surface area (TPSA) is 26.8 Å². The molecule has 5 fully saturated rings. The lowest BCUT2D eigenvalue weighted by molar-refractivity contribution is -0.147. The SMILES string of the molecule is C[C@@H]1CN2CCC[C@@H]2CN1C(=O)[C@@H]1CN2CCC1CC2. The third kappa shape index (κ3) is 2.08. The van der Waals surface area contributed by atoms with Crippen LogP contribution >= 0.6 is 0 Å². The van der Waals surface area contributed by atoms with E-state index in [1.807, 2.05) is 0 Å². The Bertz CT molecular complexity index is 391. The van der Waals surface area contributed by atoms with Gasteiger partial charge in [-0.3, -0.25) is 9.69 Å². The first-order chi connectivity index (χ1) is 9.72. The Morgan fingerprint density at radius 1 is 1.00 bits per heavy atom. The summed E-state index contributed by atoms with van der Waals surface area (Å²) in [7, 11) is 0. The number of piperazine rings is 1. The second-order valence-corrected chi connectivity index (χ2v) is 7.38. The molecule has 5 saturated heterocycles. The second-order valence-electron chi connectivity index (χ2n) is 7.38. The quantitative estimate of drug-likeness (QED) is 0.716. The molecule has 5 rings (SSSR count). The van der Waals surface area contributed by atoms with Crippen LogP contribution in [0.1, 0.15) is 32.6 Å². The summed E-state index contributed by atoms with van der Waals surface area (Å²) in [4.78, 5) is 20.4. The lowest BCUT2D eigenvalue weighted by atomic mass is 9.78. The van der Waals surface area contributed by atoms with Crippen LogP contribution in [0, 0.1) is 11.8 Å². The maximum Gasteiger partial charge on any atom is 0.227 e. The Hall–Kier alpha value is -0.610. The number of carbonyl (C=O) groups is 1. The minimum atomic E-state index is 0.299. The lowest BCUT2D eigenvalue weighted by Gasteiger charge is -2.48. The van der Waals surface area contributed by atoms with Crippen LogP contribution in [0.15, 0.2) is 0 Å². The van der Waals surface area contributed by atoms with Crippen molar-refractivity contribution >= 4 is 5.91 Å². The number of hydrogen-bond acceptors (Lipinski definition) is 3. The highest BCUT2D eigenvalue weighted by atomic mass is 16.2. The van der Waals surface area contributed by atoms with Gasteiger partial charge in [-0.25, -0.2) is 0 Å². The standard InChI is InChI=1S/C16H27N3O/c1-12-9-18-6-2-3-14(18)10-19(12)16(20)15-11-17-7-4-13(15)5-8-17/h12-15H,2-11H2,1H3/t12-,14-,15-/m1/s1. The van der Waals surface area contributed by atoms with Gasteiger partial charge in [0.25, 0.3) is 0 Å². The fourth-order valence-corrected chi connectivity index (χ4v) is 4.95. The Morgan fingerprint density at radius 3 is 2.50 bits per heavy atom. The summed E-state index contributed by atoms with van der Waals surface area (Å²) in [5.41, 5.74) is 0. The van der Waals surface area contributed by atoms with Crippen molar-refractivity contribution in [3.8, 4) is 0 Å². The van der Waals surface area contributed by atoms with E-state index >= 15 is 0 Å². The van der Waals surface area contributed by atoms with Gasteiger partial charge in [-0.1, -0.05) is 0 Å². The van der Waals surface area contributed by atoms with E-state index in [4.69, 9.17) is 0 Å². The van der Waals surface area contributed by atoms with Gasteiger partial charge < -0.3 is 9.80 Å². The van der Waals surface area contributed by atoms with Gasteiger partial charge in [0.2, 0.25) is 5.91 Å². The van der Waals surface area contributed by atoms with Crippen molar-refractivity contribution in [2.75, 3.05) is 39.3 Å². The summed E-state index contributed by atoms with van der Waals surface area (Å²) >= 11 is 0. The van der Waals surface area contributed by atoms with Crippen molar-refractivity contribution in [1.82, 2.24) is 14.7 Å². The van der Waals surface area contributed by atoms with E-state index in [1.165, 1.54) is 45.3 Å². The van der Waals surface area contributed by atoms with Crippen LogP contribution < -0.4 is 0 Å². The van der Waals surface area contributed by atoms with Crippen molar-refractivity contribution in [2.45, 2.75) is 44.7 Å². The molecule has 1 amide bonds. The molecule has 0 saturated carbocycles. The van der Waals surface area contributed by atoms with E-state index < -0.39 is 0 Å². The van der Waals surface area contributed by atoms with Gasteiger partial charge in [0.15, 0.2) is 0 Å². The summed E-state index contributed by atoms with van der Waals surface area (Å²) in [5, 5.41) is 0. The van der Waals surface area contributed by atoms with E-state index in [-0.39, 0.29) is 0 Å². The average molecular weight is 277 g/mol. The van der Waals surface area contributed by atoms with Crippen molar-refractivity contribution in [3.05, 3.63) is 0 Å². The average Bonchev–Trinajstić information content (AvgIpc) is 2.94. The maximum atomic E-state index is 13.0. The third-order valence-electron chi connectivity index (χ3n) is 6.19.